The van der Waals surface area contributed by atoms with Crippen molar-refractivity contribution in [2.45, 2.75) is 45.3 Å². The number of nitrogens with zero attached hydrogens (tertiary/aromatic N) is 1. The van der Waals surface area contributed by atoms with E-state index in [0.717, 1.165) is 0 Å². The predicted octanol–water partition coefficient (Wildman–Crippen LogP) is 1.30. The quantitative estimate of drug-likeness (QED) is 0.770. The number of ether oxygens (including phenoxy) is 1. The fraction of sp³-hybridized carbons (Fsp3) is 0.733. The van der Waals surface area contributed by atoms with Gasteiger partial charge < -0.3 is 20.1 Å². The van der Waals surface area contributed by atoms with Gasteiger partial charge in [0.05, 0.1) is 12.1 Å². The van der Waals surface area contributed by atoms with Crippen molar-refractivity contribution in [1.29, 1.82) is 0 Å². The van der Waals surface area contributed by atoms with Crippen LogP contribution in [0.3, 0.4) is 0 Å². The highest BCUT2D eigenvalue weighted by Gasteiger charge is 2.42. The first-order chi connectivity index (χ1) is 9.61. The fourth-order valence-electron chi connectivity index (χ4n) is 2.59. The number of aliphatic hydroxyl groups is 1. The monoisotopic (exact) mass is 298 g/mol. The summed E-state index contributed by atoms with van der Waals surface area (Å²) in [4.78, 5) is 25.2. The summed E-state index contributed by atoms with van der Waals surface area (Å²) in [5.41, 5.74) is -1.44. The second kappa shape index (κ2) is 6.47. The number of amides is 2. The molecule has 0 aromatic heterocycles. The van der Waals surface area contributed by atoms with Crippen molar-refractivity contribution in [2.75, 3.05) is 19.7 Å². The second-order valence-corrected chi connectivity index (χ2v) is 6.68. The minimum absolute atomic E-state index is 0.00901. The normalized spacial score (nSPS) is 26.1. The lowest BCUT2D eigenvalue weighted by Gasteiger charge is -2.45. The van der Waals surface area contributed by atoms with Gasteiger partial charge in [0.25, 0.3) is 0 Å². The van der Waals surface area contributed by atoms with Gasteiger partial charge in [0.2, 0.25) is 5.91 Å². The molecular weight excluding hydrogens is 272 g/mol. The van der Waals surface area contributed by atoms with Crippen LogP contribution in [0.1, 0.15) is 34.1 Å². The molecule has 1 aliphatic heterocycles. The van der Waals surface area contributed by atoms with E-state index in [4.69, 9.17) is 4.74 Å². The molecule has 1 aliphatic rings. The third kappa shape index (κ3) is 5.04. The molecule has 1 rings (SSSR count). The highest BCUT2D eigenvalue weighted by atomic mass is 16.6. The predicted molar refractivity (Wildman–Crippen MR) is 79.7 cm³/mol. The van der Waals surface area contributed by atoms with Crippen molar-refractivity contribution in [3.05, 3.63) is 12.7 Å². The van der Waals surface area contributed by atoms with Crippen LogP contribution in [-0.2, 0) is 9.53 Å². The zero-order valence-electron chi connectivity index (χ0n) is 13.3. The van der Waals surface area contributed by atoms with Gasteiger partial charge in [0.1, 0.15) is 5.60 Å². The van der Waals surface area contributed by atoms with Gasteiger partial charge in [-0.15, -0.1) is 6.58 Å². The van der Waals surface area contributed by atoms with E-state index < -0.39 is 17.2 Å². The molecule has 1 fully saturated rings. The van der Waals surface area contributed by atoms with Gasteiger partial charge in [-0.05, 0) is 33.1 Å². The van der Waals surface area contributed by atoms with E-state index in [-0.39, 0.29) is 25.0 Å². The number of rotatable bonds is 3. The van der Waals surface area contributed by atoms with Crippen molar-refractivity contribution in [3.63, 3.8) is 0 Å². The smallest absolute Gasteiger partial charge is 0.410 e. The lowest BCUT2D eigenvalue weighted by molar-refractivity contribution is -0.122. The van der Waals surface area contributed by atoms with E-state index in [1.165, 1.54) is 11.8 Å². The topological polar surface area (TPSA) is 78.9 Å². The minimum Gasteiger partial charge on any atom is -0.444 e. The van der Waals surface area contributed by atoms with E-state index in [2.05, 4.69) is 11.9 Å². The molecule has 6 nitrogen and oxygen atoms in total. The first kappa shape index (κ1) is 17.5. The van der Waals surface area contributed by atoms with Crippen LogP contribution < -0.4 is 5.32 Å². The van der Waals surface area contributed by atoms with E-state index in [9.17, 15) is 14.7 Å². The van der Waals surface area contributed by atoms with Crippen molar-refractivity contribution in [3.8, 4) is 0 Å². The molecule has 0 unspecified atom stereocenters. The molecule has 0 aliphatic carbocycles. The number of hydrogen-bond acceptors (Lipinski definition) is 4. The molecule has 0 spiro atoms. The van der Waals surface area contributed by atoms with Gasteiger partial charge in [0.15, 0.2) is 0 Å². The van der Waals surface area contributed by atoms with Crippen LogP contribution >= 0.6 is 0 Å². The Kier molecular flexibility index (Phi) is 5.39. The summed E-state index contributed by atoms with van der Waals surface area (Å²) in [5.74, 6) is -0.247. The zero-order valence-corrected chi connectivity index (χ0v) is 13.3. The molecular formula is C15H26N2O4. The van der Waals surface area contributed by atoms with E-state index >= 15 is 0 Å². The van der Waals surface area contributed by atoms with Gasteiger partial charge >= 0.3 is 6.09 Å². The van der Waals surface area contributed by atoms with Crippen LogP contribution in [0.2, 0.25) is 0 Å². The Morgan fingerprint density at radius 1 is 1.52 bits per heavy atom. The average molecular weight is 298 g/mol. The Morgan fingerprint density at radius 3 is 2.57 bits per heavy atom. The summed E-state index contributed by atoms with van der Waals surface area (Å²) in [5, 5.41) is 12.5. The van der Waals surface area contributed by atoms with Crippen molar-refractivity contribution in [1.82, 2.24) is 10.2 Å². The average Bonchev–Trinajstić information content (AvgIpc) is 2.35. The SMILES string of the molecule is C=C[C@H]1CN(C(=O)OC(C)(C)C)C[C@](CO)(NC(C)=O)C1. The van der Waals surface area contributed by atoms with Gasteiger partial charge in [-0.2, -0.15) is 0 Å². The van der Waals surface area contributed by atoms with Crippen molar-refractivity contribution < 1.29 is 19.4 Å². The first-order valence-electron chi connectivity index (χ1n) is 7.11. The molecule has 6 heteroatoms. The van der Waals surface area contributed by atoms with E-state index in [0.29, 0.717) is 13.0 Å². The largest absolute Gasteiger partial charge is 0.444 e. The molecule has 2 atom stereocenters. The molecule has 120 valence electrons. The summed E-state index contributed by atoms with van der Waals surface area (Å²) < 4.78 is 5.37. The maximum atomic E-state index is 12.2. The molecule has 0 radical (unpaired) electrons. The third-order valence-electron chi connectivity index (χ3n) is 3.33. The summed E-state index contributed by atoms with van der Waals surface area (Å²) in [6.07, 6.45) is 1.84. The van der Waals surface area contributed by atoms with Gasteiger partial charge in [-0.3, -0.25) is 4.79 Å². The van der Waals surface area contributed by atoms with Crippen molar-refractivity contribution in [2.24, 2.45) is 5.92 Å². The van der Waals surface area contributed by atoms with Crippen LogP contribution in [0.5, 0.6) is 0 Å². The Labute approximate surface area is 126 Å². The van der Waals surface area contributed by atoms with Crippen LogP contribution in [0.4, 0.5) is 4.79 Å². The molecule has 21 heavy (non-hydrogen) atoms. The lowest BCUT2D eigenvalue weighted by Crippen LogP contribution is -2.63. The van der Waals surface area contributed by atoms with Crippen LogP contribution in [-0.4, -0.2) is 52.8 Å². The molecule has 0 aromatic carbocycles. The highest BCUT2D eigenvalue weighted by Crippen LogP contribution is 2.27. The summed E-state index contributed by atoms with van der Waals surface area (Å²) in [6, 6.07) is 0. The Bertz CT molecular complexity index is 416. The van der Waals surface area contributed by atoms with Crippen molar-refractivity contribution >= 4 is 12.0 Å². The molecule has 0 aromatic rings. The third-order valence-corrected chi connectivity index (χ3v) is 3.33. The molecule has 1 heterocycles. The van der Waals surface area contributed by atoms with E-state index in [1.807, 2.05) is 0 Å². The minimum atomic E-state index is -0.847. The standard InChI is InChI=1S/C15H26N2O4/c1-6-12-7-15(10-18,16-11(2)19)9-17(8-12)13(20)21-14(3,4)5/h6,12,18H,1,7-10H2,2-5H3,(H,16,19)/t12-,15-/m1/s1. The van der Waals surface area contributed by atoms with Gasteiger partial charge in [-0.25, -0.2) is 4.79 Å². The van der Waals surface area contributed by atoms with Gasteiger partial charge in [-0.1, -0.05) is 6.08 Å². The number of likely N-dealkylation sites (tertiary alicyclic amines) is 1. The molecule has 0 bridgehead atoms. The Balaban J connectivity index is 2.92. The molecule has 0 saturated carbocycles. The number of hydrogen-bond donors (Lipinski definition) is 2. The summed E-state index contributed by atoms with van der Waals surface area (Å²) in [6.45, 7) is 11.0. The van der Waals surface area contributed by atoms with Gasteiger partial charge in [0, 0.05) is 20.0 Å². The lowest BCUT2D eigenvalue weighted by atomic mass is 9.83. The molecule has 2 amide bonds. The maximum absolute atomic E-state index is 12.2. The van der Waals surface area contributed by atoms with E-state index in [1.54, 1.807) is 26.8 Å². The number of carbonyl (C=O) groups is 2. The number of carbonyl (C=O) groups excluding carboxylic acids is 2. The first-order valence-corrected chi connectivity index (χ1v) is 7.11. The number of nitrogens with one attached hydrogen (secondary N) is 1. The highest BCUT2D eigenvalue weighted by molar-refractivity contribution is 5.74. The summed E-state index contributed by atoms with van der Waals surface area (Å²) >= 11 is 0. The number of aliphatic hydroxyl groups excluding tert-OH is 1. The van der Waals surface area contributed by atoms with Crippen LogP contribution in [0.15, 0.2) is 12.7 Å². The van der Waals surface area contributed by atoms with Crippen LogP contribution in [0.25, 0.3) is 0 Å². The maximum Gasteiger partial charge on any atom is 0.410 e. The second-order valence-electron chi connectivity index (χ2n) is 6.68. The van der Waals surface area contributed by atoms with Crippen LogP contribution in [0, 0.1) is 5.92 Å². The Morgan fingerprint density at radius 2 is 2.14 bits per heavy atom. The Hall–Kier alpha value is -1.56. The summed E-state index contributed by atoms with van der Waals surface area (Å²) in [7, 11) is 0. The fourth-order valence-corrected chi connectivity index (χ4v) is 2.59. The molecule has 1 saturated heterocycles. The molecule has 2 N–H and O–H groups in total. The number of piperidine rings is 1. The zero-order chi connectivity index (χ0) is 16.3.